The molecule has 0 fully saturated rings. The summed E-state index contributed by atoms with van der Waals surface area (Å²) in [6.45, 7) is 2.81. The number of hydrogen-bond acceptors (Lipinski definition) is 9. The highest BCUT2D eigenvalue weighted by Crippen LogP contribution is 2.38. The fourth-order valence-electron chi connectivity index (χ4n) is 3.01. The molecule has 0 spiro atoms. The van der Waals surface area contributed by atoms with Crippen LogP contribution in [0.1, 0.15) is 58.8 Å². The maximum Gasteiger partial charge on any atom is 0.305 e. The molecule has 0 saturated heterocycles. The minimum absolute atomic E-state index is 0.0563. The van der Waals surface area contributed by atoms with Gasteiger partial charge in [0.1, 0.15) is 19.8 Å². The zero-order valence-electron chi connectivity index (χ0n) is 25.3. The highest BCUT2D eigenvalue weighted by Gasteiger charge is 2.20. The minimum atomic E-state index is -4.60. The number of hydrogen-bond donors (Lipinski definition) is 1. The highest BCUT2D eigenvalue weighted by molar-refractivity contribution is 7.45. The topological polar surface area (TPSA) is 131 Å². The molecule has 234 valence electrons. The Morgan fingerprint density at radius 3 is 2.32 bits per heavy atom. The second-order valence-corrected chi connectivity index (χ2v) is 11.7. The van der Waals surface area contributed by atoms with Crippen LogP contribution in [-0.2, 0) is 32.7 Å². The van der Waals surface area contributed by atoms with Crippen LogP contribution in [0.15, 0.2) is 60.8 Å². The van der Waals surface area contributed by atoms with Crippen molar-refractivity contribution in [2.24, 2.45) is 0 Å². The number of carbonyl (C=O) groups excluding carboxylic acids is 2. The number of ether oxygens (including phenoxy) is 2. The van der Waals surface area contributed by atoms with Gasteiger partial charge in [-0.25, -0.2) is 0 Å². The van der Waals surface area contributed by atoms with Crippen molar-refractivity contribution in [2.75, 3.05) is 47.5 Å². The smallest absolute Gasteiger partial charge is 0.305 e. The van der Waals surface area contributed by atoms with Gasteiger partial charge in [0, 0.05) is 13.3 Å². The summed E-state index contributed by atoms with van der Waals surface area (Å²) in [6.07, 6.45) is 22.6. The average molecular weight is 600 g/mol. The van der Waals surface area contributed by atoms with Crippen LogP contribution in [0.4, 0.5) is 0 Å². The minimum Gasteiger partial charge on any atom is -0.756 e. The Bertz CT molecular complexity index is 919. The van der Waals surface area contributed by atoms with Crippen molar-refractivity contribution in [3.8, 4) is 0 Å². The molecule has 41 heavy (non-hydrogen) atoms. The van der Waals surface area contributed by atoms with Gasteiger partial charge in [0.15, 0.2) is 6.10 Å². The maximum atomic E-state index is 12.0. The summed E-state index contributed by atoms with van der Waals surface area (Å²) < 4.78 is 32.2. The number of likely N-dealkylation sites (N-methyl/N-ethyl adjacent to an activating group) is 1. The predicted molar refractivity (Wildman–Crippen MR) is 159 cm³/mol. The van der Waals surface area contributed by atoms with Crippen LogP contribution in [0.5, 0.6) is 0 Å². The van der Waals surface area contributed by atoms with Crippen LogP contribution in [0.3, 0.4) is 0 Å². The number of phosphoric ester groups is 1. The molecule has 0 aliphatic rings. The molecular weight excluding hydrogens is 549 g/mol. The number of rotatable bonds is 23. The van der Waals surface area contributed by atoms with Gasteiger partial charge in [0.2, 0.25) is 0 Å². The first kappa shape index (κ1) is 38.7. The Kier molecular flexibility index (Phi) is 21.9. The van der Waals surface area contributed by atoms with E-state index < -0.39 is 38.6 Å². The normalized spacial score (nSPS) is 15.8. The molecule has 2 unspecified atom stereocenters. The van der Waals surface area contributed by atoms with Crippen molar-refractivity contribution in [1.82, 2.24) is 0 Å². The molecule has 10 nitrogen and oxygen atoms in total. The van der Waals surface area contributed by atoms with E-state index in [4.69, 9.17) is 18.5 Å². The number of phosphoric acid groups is 1. The van der Waals surface area contributed by atoms with Crippen LogP contribution < -0.4 is 4.89 Å². The third kappa shape index (κ3) is 27.6. The zero-order chi connectivity index (χ0) is 31.0. The first-order chi connectivity index (χ1) is 19.3. The van der Waals surface area contributed by atoms with E-state index in [0.717, 1.165) is 26.2 Å². The molecule has 0 amide bonds. The number of unbranched alkanes of at least 4 members (excludes halogenated alkanes) is 1. The standard InChI is InChI=1S/C30H50NO9P/c1-6-7-8-9-14-17-20-28(33)21-18-15-12-10-11-13-16-19-22-30(34)37-25-29(40-27(2)32)26-39-41(35,36)38-24-23-31(3,4)5/h7-8,11-15,17-18,21,28-29,33H,6,9-10,16,19-20,22-26H2,1-5H3/b8-7-,13-11-,15-12-,17-14-,21-18+/t28?,29-/m1/s1. The van der Waals surface area contributed by atoms with Gasteiger partial charge in [-0.1, -0.05) is 67.7 Å². The largest absolute Gasteiger partial charge is 0.756 e. The van der Waals surface area contributed by atoms with Gasteiger partial charge in [-0.15, -0.1) is 0 Å². The molecule has 0 radical (unpaired) electrons. The van der Waals surface area contributed by atoms with Crippen LogP contribution in [-0.4, -0.2) is 81.2 Å². The summed E-state index contributed by atoms with van der Waals surface area (Å²) in [5.41, 5.74) is 0. The lowest BCUT2D eigenvalue weighted by Gasteiger charge is -2.28. The number of quaternary nitrogens is 1. The van der Waals surface area contributed by atoms with Gasteiger partial charge >= 0.3 is 11.9 Å². The Labute approximate surface area is 246 Å². The summed E-state index contributed by atoms with van der Waals surface area (Å²) in [4.78, 5) is 35.3. The summed E-state index contributed by atoms with van der Waals surface area (Å²) >= 11 is 0. The monoisotopic (exact) mass is 599 g/mol. The predicted octanol–water partition coefficient (Wildman–Crippen LogP) is 4.56. The fraction of sp³-hybridized carbons (Fsp3) is 0.600. The van der Waals surface area contributed by atoms with Gasteiger partial charge in [0.25, 0.3) is 7.82 Å². The third-order valence-electron chi connectivity index (χ3n) is 5.18. The number of carbonyl (C=O) groups is 2. The van der Waals surface area contributed by atoms with Crippen molar-refractivity contribution >= 4 is 19.8 Å². The second-order valence-electron chi connectivity index (χ2n) is 10.3. The maximum absolute atomic E-state index is 12.0. The molecule has 11 heteroatoms. The number of allylic oxidation sites excluding steroid dienone is 8. The molecular formula is C30H50NO9P. The quantitative estimate of drug-likeness (QED) is 0.0448. The Morgan fingerprint density at radius 2 is 1.63 bits per heavy atom. The van der Waals surface area contributed by atoms with Crippen molar-refractivity contribution in [1.29, 1.82) is 0 Å². The van der Waals surface area contributed by atoms with Gasteiger partial charge in [-0.3, -0.25) is 14.2 Å². The van der Waals surface area contributed by atoms with E-state index in [0.29, 0.717) is 30.3 Å². The Balaban J connectivity index is 4.19. The van der Waals surface area contributed by atoms with Crippen LogP contribution >= 0.6 is 7.82 Å². The van der Waals surface area contributed by atoms with E-state index >= 15 is 0 Å². The summed E-state index contributed by atoms with van der Waals surface area (Å²) in [7, 11) is 1.07. The SMILES string of the molecule is CC/C=C\C/C=C\CC(O)/C=C/C=C\C/C=C\CCCC(=O)OC[C@H](COP(=O)([O-])OCC[N+](C)(C)C)OC(C)=O. The molecule has 1 N–H and O–H groups in total. The first-order valence-corrected chi connectivity index (χ1v) is 15.5. The van der Waals surface area contributed by atoms with E-state index in [1.54, 1.807) is 6.08 Å². The van der Waals surface area contributed by atoms with Crippen LogP contribution in [0.25, 0.3) is 0 Å². The second kappa shape index (κ2) is 23.3. The molecule has 0 rings (SSSR count). The van der Waals surface area contributed by atoms with E-state index in [9.17, 15) is 24.2 Å². The van der Waals surface area contributed by atoms with Crippen molar-refractivity contribution < 1.29 is 47.2 Å². The van der Waals surface area contributed by atoms with Crippen LogP contribution in [0.2, 0.25) is 0 Å². The van der Waals surface area contributed by atoms with E-state index in [-0.39, 0.29) is 19.6 Å². The number of aliphatic hydroxyl groups is 1. The molecule has 0 aromatic carbocycles. The van der Waals surface area contributed by atoms with Gasteiger partial charge in [0.05, 0.1) is 33.9 Å². The Hall–Kier alpha value is -2.33. The van der Waals surface area contributed by atoms with E-state index in [1.807, 2.05) is 63.7 Å². The molecule has 0 aliphatic carbocycles. The summed E-state index contributed by atoms with van der Waals surface area (Å²) in [5, 5.41) is 9.91. The fourth-order valence-corrected chi connectivity index (χ4v) is 3.73. The van der Waals surface area contributed by atoms with Gasteiger partial charge < -0.3 is 33.0 Å². The van der Waals surface area contributed by atoms with Crippen LogP contribution in [0, 0.1) is 0 Å². The summed E-state index contributed by atoms with van der Waals surface area (Å²) in [6, 6.07) is 0. The molecule has 0 saturated carbocycles. The van der Waals surface area contributed by atoms with Crippen molar-refractivity contribution in [3.05, 3.63) is 60.8 Å². The summed E-state index contributed by atoms with van der Waals surface area (Å²) in [5.74, 6) is -1.15. The lowest BCUT2D eigenvalue weighted by atomic mass is 10.2. The lowest BCUT2D eigenvalue weighted by molar-refractivity contribution is -0.870. The van der Waals surface area contributed by atoms with Gasteiger partial charge in [-0.05, 0) is 38.5 Å². The molecule has 0 aliphatic heterocycles. The molecule has 0 heterocycles. The molecule has 0 aromatic rings. The first-order valence-electron chi connectivity index (χ1n) is 14.0. The number of aliphatic hydroxyl groups excluding tert-OH is 1. The number of nitrogens with zero attached hydrogens (tertiary/aromatic N) is 1. The molecule has 0 bridgehead atoms. The Morgan fingerprint density at radius 1 is 0.951 bits per heavy atom. The zero-order valence-corrected chi connectivity index (χ0v) is 26.2. The van der Waals surface area contributed by atoms with E-state index in [2.05, 4.69) is 19.1 Å². The molecule has 0 aromatic heterocycles. The van der Waals surface area contributed by atoms with Gasteiger partial charge in [-0.2, -0.15) is 0 Å². The number of esters is 2. The highest BCUT2D eigenvalue weighted by atomic mass is 31.2. The third-order valence-corrected chi connectivity index (χ3v) is 6.15. The molecule has 3 atom stereocenters. The van der Waals surface area contributed by atoms with E-state index in [1.165, 1.54) is 0 Å². The van der Waals surface area contributed by atoms with Crippen molar-refractivity contribution in [3.63, 3.8) is 0 Å². The van der Waals surface area contributed by atoms with Crippen molar-refractivity contribution in [2.45, 2.75) is 71.0 Å². The lowest BCUT2D eigenvalue weighted by Crippen LogP contribution is -2.37. The average Bonchev–Trinajstić information content (AvgIpc) is 2.87.